The summed E-state index contributed by atoms with van der Waals surface area (Å²) in [6, 6.07) is 0. The van der Waals surface area contributed by atoms with E-state index < -0.39 is 0 Å². The van der Waals surface area contributed by atoms with Crippen LogP contribution < -0.4 is 0 Å². The van der Waals surface area contributed by atoms with Gasteiger partial charge in [-0.05, 0) is 0 Å². The van der Waals surface area contributed by atoms with Gasteiger partial charge in [-0.1, -0.05) is 0 Å². The van der Waals surface area contributed by atoms with Gasteiger partial charge in [0.15, 0.2) is 17.4 Å². The highest BCUT2D eigenvalue weighted by atomic mass is 127. The van der Waals surface area contributed by atoms with Gasteiger partial charge in [0.1, 0.15) is 0 Å². The van der Waals surface area contributed by atoms with E-state index in [2.05, 4.69) is 0 Å². The highest BCUT2D eigenvalue weighted by molar-refractivity contribution is 14.0. The van der Waals surface area contributed by atoms with E-state index in [1.54, 1.807) is 0 Å². The Morgan fingerprint density at radius 3 is 0.600 bits per heavy atom. The zero-order valence-corrected chi connectivity index (χ0v) is 6.41. The molecule has 5 heteroatoms. The van der Waals surface area contributed by atoms with E-state index >= 15 is 0 Å². The van der Waals surface area contributed by atoms with Crippen molar-refractivity contribution in [2.45, 2.75) is 0 Å². The predicted octanol–water partition coefficient (Wildman–Crippen LogP) is 0.700. The molecule has 0 atom stereocenters. The van der Waals surface area contributed by atoms with Crippen LogP contribution in [-0.4, -0.2) is 17.4 Å². The maximum atomic E-state index is 0. The van der Waals surface area contributed by atoms with Crippen LogP contribution in [0.1, 0.15) is 0 Å². The Morgan fingerprint density at radius 1 is 0.600 bits per heavy atom. The quantitative estimate of drug-likeness (QED) is 0.448. The highest BCUT2D eigenvalue weighted by Crippen LogP contribution is 0.886. The summed E-state index contributed by atoms with van der Waals surface area (Å²) in [4.78, 5) is 0. The predicted molar refractivity (Wildman–Crippen MR) is 47.1 cm³/mol. The smallest absolute Gasteiger partial charge is 0.147 e. The molecule has 0 saturated heterocycles. The molecule has 0 aliphatic rings. The second-order valence-electron chi connectivity index (χ2n) is 0. The summed E-state index contributed by atoms with van der Waals surface area (Å²) in [6.07, 6.45) is 0. The first kappa shape index (κ1) is 59.0. The molecule has 0 aromatic heterocycles. The van der Waals surface area contributed by atoms with E-state index in [-0.39, 0.29) is 78.6 Å². The van der Waals surface area contributed by atoms with Crippen LogP contribution in [0, 0.1) is 0 Å². The van der Waals surface area contributed by atoms with Gasteiger partial charge in [-0.2, -0.15) is 0 Å². The van der Waals surface area contributed by atoms with E-state index in [0.717, 1.165) is 0 Å². The summed E-state index contributed by atoms with van der Waals surface area (Å²) in [5.74, 6) is 0. The lowest BCUT2D eigenvalue weighted by molar-refractivity contribution is 5.75. The van der Waals surface area contributed by atoms with Gasteiger partial charge in [0.25, 0.3) is 0 Å². The van der Waals surface area contributed by atoms with Crippen LogP contribution in [0.25, 0.3) is 0 Å². The van der Waals surface area contributed by atoms with Crippen LogP contribution in [-0.2, 0) is 0 Å². The van der Waals surface area contributed by atoms with Crippen molar-refractivity contribution in [3.63, 3.8) is 0 Å². The van der Waals surface area contributed by atoms with Crippen LogP contribution in [0.4, 0.5) is 0 Å². The molecule has 0 fully saturated rings. The monoisotopic (exact) mass is 266 g/mol. The molecule has 0 radical (unpaired) electrons. The van der Waals surface area contributed by atoms with Gasteiger partial charge >= 0.3 is 0 Å². The summed E-state index contributed by atoms with van der Waals surface area (Å²) in [7, 11) is 0. The van der Waals surface area contributed by atoms with Crippen molar-refractivity contribution in [2.24, 2.45) is 0 Å². The van der Waals surface area contributed by atoms with Crippen LogP contribution in [0.5, 0.6) is 0 Å². The van der Waals surface area contributed by atoms with Crippen LogP contribution in [0.2, 0.25) is 0 Å². The molecule has 0 aromatic carbocycles. The van der Waals surface area contributed by atoms with Crippen molar-refractivity contribution >= 4 is 78.6 Å². The molecule has 0 aliphatic carbocycles. The first-order valence-electron chi connectivity index (χ1n) is 0. The fourth-order valence-corrected chi connectivity index (χ4v) is 0. The fourth-order valence-electron chi connectivity index (χ4n) is 0. The standard InChI is InChI=1S/Al.3ClH.HI.3H/h;4*1H;;;. The van der Waals surface area contributed by atoms with Crippen molar-refractivity contribution in [2.75, 3.05) is 0 Å². The molecule has 38 valence electrons. The van der Waals surface area contributed by atoms with Crippen molar-refractivity contribution in [1.29, 1.82) is 0 Å². The second-order valence-corrected chi connectivity index (χ2v) is 0. The van der Waals surface area contributed by atoms with Crippen LogP contribution >= 0.6 is 61.2 Å². The normalized spacial score (nSPS) is 0. The van der Waals surface area contributed by atoms with Gasteiger partial charge in [-0.15, -0.1) is 61.2 Å². The molecular formula is H7AlCl3I. The van der Waals surface area contributed by atoms with Crippen molar-refractivity contribution in [3.8, 4) is 0 Å². The minimum atomic E-state index is 0. The first-order valence-corrected chi connectivity index (χ1v) is 0. The Bertz CT molecular complexity index is 6.85. The largest absolute Gasteiger partial charge is 0.187 e. The minimum absolute atomic E-state index is 0. The van der Waals surface area contributed by atoms with E-state index in [9.17, 15) is 0 Å². The molecule has 0 rings (SSSR count). The van der Waals surface area contributed by atoms with E-state index in [1.807, 2.05) is 0 Å². The molecule has 0 spiro atoms. The zero-order chi connectivity index (χ0) is 0. The highest BCUT2D eigenvalue weighted by Gasteiger charge is 0.187. The third-order valence-corrected chi connectivity index (χ3v) is 0. The Kier molecular flexibility index (Phi) is 419. The number of rotatable bonds is 0. The molecule has 0 aliphatic heterocycles. The Hall–Kier alpha value is 2.13. The molecule has 0 nitrogen and oxygen atoms in total. The van der Waals surface area contributed by atoms with Gasteiger partial charge in [-0.3, -0.25) is 0 Å². The van der Waals surface area contributed by atoms with Crippen LogP contribution in [0.3, 0.4) is 0 Å². The average molecular weight is 267 g/mol. The molecular weight excluding hydrogens is 260 g/mol. The molecule has 0 aromatic rings. The second kappa shape index (κ2) is 35.5. The molecule has 0 amide bonds. The topological polar surface area (TPSA) is 0 Å². The van der Waals surface area contributed by atoms with E-state index in [1.165, 1.54) is 0 Å². The molecule has 0 heterocycles. The maximum Gasteiger partial charge on any atom is 0.187 e. The Morgan fingerprint density at radius 2 is 0.600 bits per heavy atom. The van der Waals surface area contributed by atoms with Gasteiger partial charge in [0.2, 0.25) is 0 Å². The fraction of sp³-hybridized carbons (Fsp3) is 0. The molecule has 5 heavy (non-hydrogen) atoms. The molecule has 0 unspecified atom stereocenters. The lowest BCUT2D eigenvalue weighted by Crippen LogP contribution is -0.381. The van der Waals surface area contributed by atoms with Crippen molar-refractivity contribution in [3.05, 3.63) is 0 Å². The SMILES string of the molecule is Cl.Cl.Cl.I.[AlH3]. The average Bonchev–Trinajstić information content (AvgIpc) is 0. The molecule has 0 bridgehead atoms. The van der Waals surface area contributed by atoms with Crippen molar-refractivity contribution < 1.29 is 0 Å². The number of halogens is 4. The minimum Gasteiger partial charge on any atom is -0.147 e. The van der Waals surface area contributed by atoms with Crippen molar-refractivity contribution in [1.82, 2.24) is 0 Å². The Labute approximate surface area is 77.8 Å². The third kappa shape index (κ3) is 23.0. The summed E-state index contributed by atoms with van der Waals surface area (Å²) >= 11 is 0. The van der Waals surface area contributed by atoms with Crippen LogP contribution in [0.15, 0.2) is 0 Å². The number of hydrogen-bond acceptors (Lipinski definition) is 0. The zero-order valence-electron chi connectivity index (χ0n) is 1.63. The van der Waals surface area contributed by atoms with Gasteiger partial charge in [-0.25, -0.2) is 0 Å². The Balaban J connectivity index is 0. The summed E-state index contributed by atoms with van der Waals surface area (Å²) in [5, 5.41) is 0. The lowest BCUT2D eigenvalue weighted by Gasteiger charge is -0.148. The summed E-state index contributed by atoms with van der Waals surface area (Å²) in [6.45, 7) is 0. The van der Waals surface area contributed by atoms with E-state index in [4.69, 9.17) is 0 Å². The first-order chi connectivity index (χ1) is 0. The van der Waals surface area contributed by atoms with Gasteiger partial charge in [0, 0.05) is 0 Å². The maximum absolute atomic E-state index is 0. The van der Waals surface area contributed by atoms with E-state index in [0.29, 0.717) is 0 Å². The van der Waals surface area contributed by atoms with Gasteiger partial charge in [0.05, 0.1) is 0 Å². The summed E-state index contributed by atoms with van der Waals surface area (Å²) in [5.41, 5.74) is 0. The third-order valence-electron chi connectivity index (χ3n) is 0. The molecule has 0 N–H and O–H groups in total. The number of hydrogen-bond donors (Lipinski definition) is 0. The van der Waals surface area contributed by atoms with Gasteiger partial charge < -0.3 is 0 Å². The molecule has 0 saturated carbocycles. The summed E-state index contributed by atoms with van der Waals surface area (Å²) < 4.78 is 0. The lowest BCUT2D eigenvalue weighted by atomic mass is 27.0.